The van der Waals surface area contributed by atoms with Gasteiger partial charge in [-0.2, -0.15) is 10.1 Å². The van der Waals surface area contributed by atoms with Gasteiger partial charge >= 0.3 is 0 Å². The van der Waals surface area contributed by atoms with Crippen molar-refractivity contribution in [3.8, 4) is 0 Å². The molecule has 1 aromatic heterocycles. The third-order valence-corrected chi connectivity index (χ3v) is 5.56. The van der Waals surface area contributed by atoms with Gasteiger partial charge in [-0.25, -0.2) is 0 Å². The third-order valence-electron chi connectivity index (χ3n) is 5.56. The molecule has 0 radical (unpaired) electrons. The van der Waals surface area contributed by atoms with Crippen LogP contribution in [0.25, 0.3) is 0 Å². The van der Waals surface area contributed by atoms with Crippen molar-refractivity contribution in [3.05, 3.63) is 30.5 Å². The molecule has 0 bridgehead atoms. The summed E-state index contributed by atoms with van der Waals surface area (Å²) >= 11 is 0. The fourth-order valence-electron chi connectivity index (χ4n) is 3.68. The molecule has 3 heterocycles. The summed E-state index contributed by atoms with van der Waals surface area (Å²) in [6.07, 6.45) is 1.63. The second-order valence-corrected chi connectivity index (χ2v) is 7.60. The minimum absolute atomic E-state index is 0.110. The number of anilines is 4. The SMILES string of the molecule is CC(=O)N1CCN(c2nncc(Nc3ccc(N4CCN(C)CC4)cc3)n2)CC1. The van der Waals surface area contributed by atoms with Gasteiger partial charge in [-0.05, 0) is 31.3 Å². The summed E-state index contributed by atoms with van der Waals surface area (Å²) in [5.74, 6) is 1.36. The predicted molar refractivity (Wildman–Crippen MR) is 114 cm³/mol. The zero-order valence-electron chi connectivity index (χ0n) is 17.1. The van der Waals surface area contributed by atoms with Gasteiger partial charge in [0.2, 0.25) is 11.9 Å². The highest BCUT2D eigenvalue weighted by Crippen LogP contribution is 2.22. The molecule has 0 aliphatic carbocycles. The van der Waals surface area contributed by atoms with Crippen LogP contribution in [0.5, 0.6) is 0 Å². The van der Waals surface area contributed by atoms with Gasteiger partial charge in [0.05, 0.1) is 6.20 Å². The average Bonchev–Trinajstić information content (AvgIpc) is 2.75. The van der Waals surface area contributed by atoms with E-state index in [1.165, 1.54) is 5.69 Å². The molecule has 9 heteroatoms. The molecule has 4 rings (SSSR count). The van der Waals surface area contributed by atoms with Crippen molar-refractivity contribution in [1.82, 2.24) is 25.0 Å². The normalized spacial score (nSPS) is 18.1. The molecule has 2 fully saturated rings. The summed E-state index contributed by atoms with van der Waals surface area (Å²) in [5.41, 5.74) is 2.21. The second kappa shape index (κ2) is 8.60. The molecule has 2 saturated heterocycles. The number of nitrogens with zero attached hydrogens (tertiary/aromatic N) is 7. The van der Waals surface area contributed by atoms with E-state index in [9.17, 15) is 4.79 Å². The van der Waals surface area contributed by atoms with Gasteiger partial charge in [-0.3, -0.25) is 4.79 Å². The summed E-state index contributed by atoms with van der Waals surface area (Å²) in [6.45, 7) is 8.70. The summed E-state index contributed by atoms with van der Waals surface area (Å²) in [4.78, 5) is 24.8. The van der Waals surface area contributed by atoms with Gasteiger partial charge < -0.3 is 24.9 Å². The number of likely N-dealkylation sites (N-methyl/N-ethyl adjacent to an activating group) is 1. The molecule has 2 aliphatic heterocycles. The molecule has 0 spiro atoms. The highest BCUT2D eigenvalue weighted by atomic mass is 16.2. The fourth-order valence-corrected chi connectivity index (χ4v) is 3.68. The molecule has 0 saturated carbocycles. The summed E-state index contributed by atoms with van der Waals surface area (Å²) in [6, 6.07) is 8.43. The van der Waals surface area contributed by atoms with Crippen molar-refractivity contribution in [3.63, 3.8) is 0 Å². The zero-order chi connectivity index (χ0) is 20.2. The van der Waals surface area contributed by atoms with Crippen LogP contribution in [0.1, 0.15) is 6.92 Å². The topological polar surface area (TPSA) is 80.7 Å². The van der Waals surface area contributed by atoms with Crippen LogP contribution in [0.15, 0.2) is 30.5 Å². The Kier molecular flexibility index (Phi) is 5.75. The van der Waals surface area contributed by atoms with Crippen LogP contribution >= 0.6 is 0 Å². The highest BCUT2D eigenvalue weighted by Gasteiger charge is 2.21. The zero-order valence-corrected chi connectivity index (χ0v) is 17.1. The smallest absolute Gasteiger partial charge is 0.247 e. The minimum Gasteiger partial charge on any atom is -0.369 e. The van der Waals surface area contributed by atoms with E-state index in [0.29, 0.717) is 37.9 Å². The number of nitrogens with one attached hydrogen (secondary N) is 1. The van der Waals surface area contributed by atoms with E-state index in [1.54, 1.807) is 13.1 Å². The Hall–Kier alpha value is -2.94. The number of piperazine rings is 2. The lowest BCUT2D eigenvalue weighted by Crippen LogP contribution is -2.48. The minimum atomic E-state index is 0.110. The molecule has 2 aromatic rings. The molecular weight excluding hydrogens is 368 g/mol. The first-order valence-corrected chi connectivity index (χ1v) is 10.1. The van der Waals surface area contributed by atoms with E-state index >= 15 is 0 Å². The third kappa shape index (κ3) is 4.73. The van der Waals surface area contributed by atoms with Crippen molar-refractivity contribution in [1.29, 1.82) is 0 Å². The standard InChI is InChI=1S/C20H28N8O/c1-16(29)26-11-13-28(14-12-26)20-23-19(15-21-24-20)22-17-3-5-18(6-4-17)27-9-7-25(2)8-10-27/h3-6,15H,7-14H2,1-2H3,(H,22,23,24). The Labute approximate surface area is 171 Å². The number of benzene rings is 1. The number of carbonyl (C=O) groups is 1. The van der Waals surface area contributed by atoms with E-state index in [2.05, 4.69) is 66.5 Å². The highest BCUT2D eigenvalue weighted by molar-refractivity contribution is 5.73. The van der Waals surface area contributed by atoms with Gasteiger partial charge in [-0.15, -0.1) is 5.10 Å². The van der Waals surface area contributed by atoms with Gasteiger partial charge in [0.1, 0.15) is 0 Å². The Morgan fingerprint density at radius 1 is 0.931 bits per heavy atom. The van der Waals surface area contributed by atoms with Crippen LogP contribution in [0.4, 0.5) is 23.1 Å². The van der Waals surface area contributed by atoms with Crippen LogP contribution in [-0.2, 0) is 4.79 Å². The summed E-state index contributed by atoms with van der Waals surface area (Å²) in [7, 11) is 2.16. The number of aromatic nitrogens is 3. The van der Waals surface area contributed by atoms with E-state index in [0.717, 1.165) is 31.9 Å². The fraction of sp³-hybridized carbons (Fsp3) is 0.500. The Bertz CT molecular complexity index is 827. The maximum absolute atomic E-state index is 11.5. The lowest BCUT2D eigenvalue weighted by Gasteiger charge is -2.34. The van der Waals surface area contributed by atoms with Gasteiger partial charge in [-0.1, -0.05) is 0 Å². The number of hydrogen-bond acceptors (Lipinski definition) is 8. The van der Waals surface area contributed by atoms with Crippen molar-refractivity contribution in [2.45, 2.75) is 6.92 Å². The number of rotatable bonds is 4. The van der Waals surface area contributed by atoms with E-state index < -0.39 is 0 Å². The van der Waals surface area contributed by atoms with Crippen molar-refractivity contribution in [2.24, 2.45) is 0 Å². The number of carbonyl (C=O) groups excluding carboxylic acids is 1. The molecule has 154 valence electrons. The second-order valence-electron chi connectivity index (χ2n) is 7.60. The van der Waals surface area contributed by atoms with Crippen LogP contribution in [0, 0.1) is 0 Å². The molecule has 1 amide bonds. The molecular formula is C20H28N8O. The predicted octanol–water partition coefficient (Wildman–Crippen LogP) is 1.04. The van der Waals surface area contributed by atoms with Crippen LogP contribution in [-0.4, -0.2) is 90.3 Å². The van der Waals surface area contributed by atoms with Crippen LogP contribution in [0.2, 0.25) is 0 Å². The van der Waals surface area contributed by atoms with Crippen molar-refractivity contribution >= 4 is 29.0 Å². The maximum Gasteiger partial charge on any atom is 0.247 e. The molecule has 1 N–H and O–H groups in total. The monoisotopic (exact) mass is 396 g/mol. The first kappa shape index (κ1) is 19.4. The van der Waals surface area contributed by atoms with Gasteiger partial charge in [0, 0.05) is 70.7 Å². The Morgan fingerprint density at radius 2 is 1.59 bits per heavy atom. The number of amides is 1. The maximum atomic E-state index is 11.5. The summed E-state index contributed by atoms with van der Waals surface area (Å²) < 4.78 is 0. The van der Waals surface area contributed by atoms with Crippen LogP contribution < -0.4 is 15.1 Å². The largest absolute Gasteiger partial charge is 0.369 e. The molecule has 0 unspecified atom stereocenters. The van der Waals surface area contributed by atoms with E-state index in [-0.39, 0.29) is 5.91 Å². The number of hydrogen-bond donors (Lipinski definition) is 1. The lowest BCUT2D eigenvalue weighted by molar-refractivity contribution is -0.129. The lowest BCUT2D eigenvalue weighted by atomic mass is 10.2. The van der Waals surface area contributed by atoms with E-state index in [1.807, 2.05) is 4.90 Å². The Balaban J connectivity index is 1.37. The quantitative estimate of drug-likeness (QED) is 0.821. The first-order chi connectivity index (χ1) is 14.1. The van der Waals surface area contributed by atoms with Crippen LogP contribution in [0.3, 0.4) is 0 Å². The van der Waals surface area contributed by atoms with Gasteiger partial charge in [0.25, 0.3) is 0 Å². The molecule has 1 aromatic carbocycles. The van der Waals surface area contributed by atoms with E-state index in [4.69, 9.17) is 0 Å². The van der Waals surface area contributed by atoms with Gasteiger partial charge in [0.15, 0.2) is 5.82 Å². The molecule has 0 atom stereocenters. The summed E-state index contributed by atoms with van der Waals surface area (Å²) in [5, 5.41) is 11.6. The average molecular weight is 396 g/mol. The Morgan fingerprint density at radius 3 is 2.24 bits per heavy atom. The molecule has 9 nitrogen and oxygen atoms in total. The first-order valence-electron chi connectivity index (χ1n) is 10.1. The molecule has 29 heavy (non-hydrogen) atoms. The van der Waals surface area contributed by atoms with Crippen molar-refractivity contribution in [2.75, 3.05) is 74.5 Å². The molecule has 2 aliphatic rings. The van der Waals surface area contributed by atoms with Crippen molar-refractivity contribution < 1.29 is 4.79 Å².